The number of unbranched alkanes of at least 4 members (excludes halogenated alkanes) is 25. The zero-order valence-corrected chi connectivity index (χ0v) is 34.9. The molecule has 322 valence electrons. The number of phosphoric ester groups is 1. The van der Waals surface area contributed by atoms with E-state index >= 15 is 0 Å². The van der Waals surface area contributed by atoms with Crippen LogP contribution >= 0.6 is 7.82 Å². The highest BCUT2D eigenvalue weighted by Crippen LogP contribution is 2.47. The summed E-state index contributed by atoms with van der Waals surface area (Å²) in [6, 6.07) is -1.02. The smallest absolute Gasteiger partial charge is 0.391 e. The number of aliphatic hydroxyl groups is 6. The van der Waals surface area contributed by atoms with Crippen LogP contribution in [0.2, 0.25) is 0 Å². The van der Waals surface area contributed by atoms with Crippen molar-refractivity contribution in [3.8, 4) is 0 Å². The fraction of sp³-hybridized carbons (Fsp3) is 0.976. The van der Waals surface area contributed by atoms with Gasteiger partial charge in [0.25, 0.3) is 0 Å². The van der Waals surface area contributed by atoms with Crippen LogP contribution in [0.4, 0.5) is 0 Å². The summed E-state index contributed by atoms with van der Waals surface area (Å²) in [5.74, 6) is -0.308. The molecule has 0 aromatic rings. The number of hydrogen-bond acceptors (Lipinski definition) is 10. The van der Waals surface area contributed by atoms with Gasteiger partial charge < -0.3 is 40.8 Å². The average Bonchev–Trinajstić information content (AvgIpc) is 3.15. The molecule has 0 heterocycles. The minimum atomic E-state index is -5.04. The van der Waals surface area contributed by atoms with E-state index in [-0.39, 0.29) is 12.3 Å². The fourth-order valence-corrected chi connectivity index (χ4v) is 8.23. The summed E-state index contributed by atoms with van der Waals surface area (Å²) in [4.78, 5) is 23.3. The van der Waals surface area contributed by atoms with Crippen LogP contribution in [0.25, 0.3) is 0 Å². The van der Waals surface area contributed by atoms with Crippen molar-refractivity contribution in [2.45, 2.75) is 249 Å². The van der Waals surface area contributed by atoms with Gasteiger partial charge in [-0.2, -0.15) is 0 Å². The molecule has 13 heteroatoms. The number of aliphatic hydroxyl groups excluding tert-OH is 6. The largest absolute Gasteiger partial charge is 0.472 e. The Hall–Kier alpha value is -0.660. The lowest BCUT2D eigenvalue weighted by Crippen LogP contribution is -2.64. The summed E-state index contributed by atoms with van der Waals surface area (Å²) in [7, 11) is -5.04. The lowest BCUT2D eigenvalue weighted by Gasteiger charge is -2.41. The molecule has 12 nitrogen and oxygen atoms in total. The summed E-state index contributed by atoms with van der Waals surface area (Å²) in [6.45, 7) is 3.87. The van der Waals surface area contributed by atoms with Gasteiger partial charge in [-0.05, 0) is 12.8 Å². The maximum absolute atomic E-state index is 12.9. The molecule has 0 aromatic heterocycles. The van der Waals surface area contributed by atoms with Crippen LogP contribution < -0.4 is 5.32 Å². The van der Waals surface area contributed by atoms with E-state index in [1.165, 1.54) is 122 Å². The second kappa shape index (κ2) is 32.3. The molecule has 1 aliphatic rings. The van der Waals surface area contributed by atoms with Crippen LogP contribution in [0.5, 0.6) is 0 Å². The van der Waals surface area contributed by atoms with Crippen molar-refractivity contribution in [3.63, 3.8) is 0 Å². The first-order valence-electron chi connectivity index (χ1n) is 22.0. The van der Waals surface area contributed by atoms with E-state index in [1.54, 1.807) is 0 Å². The molecular weight excluding hydrogens is 713 g/mol. The Balaban J connectivity index is 2.49. The first-order chi connectivity index (χ1) is 25.9. The molecule has 0 saturated heterocycles. The van der Waals surface area contributed by atoms with E-state index in [2.05, 4.69) is 19.2 Å². The third kappa shape index (κ3) is 24.2. The minimum Gasteiger partial charge on any atom is -0.391 e. The average molecular weight is 796 g/mol. The van der Waals surface area contributed by atoms with Crippen molar-refractivity contribution in [1.82, 2.24) is 5.32 Å². The molecule has 8 N–H and O–H groups in total. The molecule has 0 radical (unpaired) electrons. The van der Waals surface area contributed by atoms with Gasteiger partial charge in [0.2, 0.25) is 5.91 Å². The van der Waals surface area contributed by atoms with E-state index in [9.17, 15) is 44.9 Å². The van der Waals surface area contributed by atoms with Gasteiger partial charge in [-0.15, -0.1) is 0 Å². The molecular formula is C41H82NO11P. The predicted molar refractivity (Wildman–Crippen MR) is 214 cm³/mol. The van der Waals surface area contributed by atoms with Crippen LogP contribution in [-0.2, 0) is 18.4 Å². The number of nitrogens with one attached hydrogen (secondary N) is 1. The number of rotatable bonds is 36. The Morgan fingerprint density at radius 3 is 1.28 bits per heavy atom. The van der Waals surface area contributed by atoms with Crippen molar-refractivity contribution < 1.29 is 53.9 Å². The van der Waals surface area contributed by atoms with E-state index < -0.39 is 63.2 Å². The second-order valence-electron chi connectivity index (χ2n) is 15.9. The van der Waals surface area contributed by atoms with Gasteiger partial charge in [-0.1, -0.05) is 181 Å². The molecule has 0 bridgehead atoms. The highest BCUT2D eigenvalue weighted by Gasteiger charge is 2.51. The van der Waals surface area contributed by atoms with Crippen LogP contribution in [0.15, 0.2) is 0 Å². The Kier molecular flexibility index (Phi) is 30.7. The Morgan fingerprint density at radius 2 is 0.889 bits per heavy atom. The van der Waals surface area contributed by atoms with Crippen molar-refractivity contribution in [3.05, 3.63) is 0 Å². The number of carbonyl (C=O) groups is 1. The molecule has 0 aliphatic heterocycles. The van der Waals surface area contributed by atoms with Crippen molar-refractivity contribution >= 4 is 13.7 Å². The Labute approximate surface area is 327 Å². The molecule has 1 fully saturated rings. The molecule has 0 spiro atoms. The zero-order valence-electron chi connectivity index (χ0n) is 34.0. The molecule has 1 rings (SSSR count). The van der Waals surface area contributed by atoms with Crippen molar-refractivity contribution in [2.24, 2.45) is 0 Å². The third-order valence-electron chi connectivity index (χ3n) is 10.9. The topological polar surface area (TPSA) is 206 Å². The van der Waals surface area contributed by atoms with Gasteiger partial charge >= 0.3 is 7.82 Å². The molecule has 9 atom stereocenters. The van der Waals surface area contributed by atoms with Crippen LogP contribution in [0.1, 0.15) is 200 Å². The summed E-state index contributed by atoms with van der Waals surface area (Å²) >= 11 is 0. The summed E-state index contributed by atoms with van der Waals surface area (Å²) in [5, 5.41) is 64.0. The second-order valence-corrected chi connectivity index (χ2v) is 17.3. The Bertz CT molecular complexity index is 931. The Morgan fingerprint density at radius 1 is 0.556 bits per heavy atom. The fourth-order valence-electron chi connectivity index (χ4n) is 7.26. The molecule has 1 aliphatic carbocycles. The first kappa shape index (κ1) is 51.4. The lowest BCUT2D eigenvalue weighted by atomic mass is 9.85. The highest BCUT2D eigenvalue weighted by molar-refractivity contribution is 7.47. The molecule has 0 aromatic carbocycles. The molecule has 1 saturated carbocycles. The minimum absolute atomic E-state index is 0.241. The number of amides is 1. The van der Waals surface area contributed by atoms with E-state index in [1.807, 2.05) is 0 Å². The first-order valence-corrected chi connectivity index (χ1v) is 23.5. The lowest BCUT2D eigenvalue weighted by molar-refractivity contribution is -0.220. The van der Waals surface area contributed by atoms with E-state index in [4.69, 9.17) is 9.05 Å². The van der Waals surface area contributed by atoms with Gasteiger partial charge in [0.05, 0.1) is 18.8 Å². The standard InChI is InChI=1S/C41H82NO11P/c1-3-5-7-9-11-13-15-16-17-18-19-21-22-24-26-28-30-34(43)33(42-35(44)31-29-27-25-23-20-14-12-10-8-6-4-2)32-52-54(50,51)53-41-39(48)37(46)36(45)38(47)40(41)49/h33-34,36-41,43,45-49H,3-32H2,1-2H3,(H,42,44)(H,50,51)/t33-,34+,36?,37+,38?,39?,40?,41?/m0/s1. The van der Waals surface area contributed by atoms with Crippen LogP contribution in [-0.4, -0.2) is 96.8 Å². The van der Waals surface area contributed by atoms with Crippen molar-refractivity contribution in [1.29, 1.82) is 0 Å². The van der Waals surface area contributed by atoms with E-state index in [0.29, 0.717) is 19.3 Å². The van der Waals surface area contributed by atoms with Gasteiger partial charge in [0.1, 0.15) is 36.6 Å². The summed E-state index contributed by atoms with van der Waals surface area (Å²) in [5.41, 5.74) is 0. The maximum Gasteiger partial charge on any atom is 0.472 e. The zero-order chi connectivity index (χ0) is 40.0. The van der Waals surface area contributed by atoms with E-state index in [0.717, 1.165) is 38.5 Å². The number of hydrogen-bond donors (Lipinski definition) is 8. The van der Waals surface area contributed by atoms with Crippen LogP contribution in [0, 0.1) is 0 Å². The van der Waals surface area contributed by atoms with Gasteiger partial charge in [-0.25, -0.2) is 4.57 Å². The van der Waals surface area contributed by atoms with Gasteiger partial charge in [0, 0.05) is 6.42 Å². The van der Waals surface area contributed by atoms with Gasteiger partial charge in [0.15, 0.2) is 0 Å². The molecule has 54 heavy (non-hydrogen) atoms. The number of phosphoric acid groups is 1. The summed E-state index contributed by atoms with van der Waals surface area (Å²) < 4.78 is 22.9. The van der Waals surface area contributed by atoms with Crippen molar-refractivity contribution in [2.75, 3.05) is 6.61 Å². The normalized spacial score (nSPS) is 23.9. The monoisotopic (exact) mass is 796 g/mol. The maximum atomic E-state index is 12.9. The summed E-state index contributed by atoms with van der Waals surface area (Å²) in [6.07, 6.45) is 20.0. The molecule has 1 amide bonds. The molecule has 6 unspecified atom stereocenters. The quantitative estimate of drug-likeness (QED) is 0.0230. The number of carbonyl (C=O) groups excluding carboxylic acids is 1. The highest BCUT2D eigenvalue weighted by atomic mass is 31.2. The SMILES string of the molecule is CCCCCCCCCCCCCCCCCC[C@@H](O)[C@H](COP(=O)(O)OC1C(O)C(O)C(O)[C@@H](O)C1O)NC(=O)CCCCCCCCCCCCC. The van der Waals surface area contributed by atoms with Crippen LogP contribution in [0.3, 0.4) is 0 Å². The van der Waals surface area contributed by atoms with Gasteiger partial charge in [-0.3, -0.25) is 13.8 Å². The third-order valence-corrected chi connectivity index (χ3v) is 11.9. The predicted octanol–water partition coefficient (Wildman–Crippen LogP) is 7.51.